The van der Waals surface area contributed by atoms with Crippen molar-refractivity contribution in [2.24, 2.45) is 0 Å². The number of carboxylic acid groups (broad SMARTS) is 1. The third kappa shape index (κ3) is 3.16. The molecule has 0 unspecified atom stereocenters. The van der Waals surface area contributed by atoms with Crippen molar-refractivity contribution in [1.29, 1.82) is 0 Å². The zero-order chi connectivity index (χ0) is 13.9. The lowest BCUT2D eigenvalue weighted by molar-refractivity contribution is -0.385. The maximum absolute atomic E-state index is 10.8. The lowest BCUT2D eigenvalue weighted by Gasteiger charge is -2.27. The Bertz CT molecular complexity index is 473. The monoisotopic (exact) mass is 253 g/mol. The van der Waals surface area contributed by atoms with Crippen LogP contribution in [0.15, 0.2) is 12.3 Å². The maximum atomic E-state index is 10.8. The fourth-order valence-corrected chi connectivity index (χ4v) is 1.60. The van der Waals surface area contributed by atoms with E-state index >= 15 is 0 Å². The van der Waals surface area contributed by atoms with Crippen LogP contribution in [-0.4, -0.2) is 33.6 Å². The van der Waals surface area contributed by atoms with Gasteiger partial charge in [-0.05, 0) is 26.3 Å². The Morgan fingerprint density at radius 3 is 2.61 bits per heavy atom. The first-order chi connectivity index (χ1) is 8.32. The standard InChI is InChI=1S/C11H15N3O4/c1-7(2)13(6-10(15)16)11-8(3)4-9(5-12-11)14(17)18/h4-5,7H,6H2,1-3H3,(H,15,16). The van der Waals surface area contributed by atoms with Gasteiger partial charge in [0.2, 0.25) is 0 Å². The van der Waals surface area contributed by atoms with Crippen LogP contribution in [0.5, 0.6) is 0 Å². The highest BCUT2D eigenvalue weighted by Gasteiger charge is 2.19. The van der Waals surface area contributed by atoms with E-state index in [9.17, 15) is 14.9 Å². The summed E-state index contributed by atoms with van der Waals surface area (Å²) < 4.78 is 0. The van der Waals surface area contributed by atoms with Gasteiger partial charge < -0.3 is 10.0 Å². The number of hydrogen-bond donors (Lipinski definition) is 1. The van der Waals surface area contributed by atoms with E-state index in [1.807, 2.05) is 13.8 Å². The van der Waals surface area contributed by atoms with Crippen molar-refractivity contribution in [2.45, 2.75) is 26.8 Å². The summed E-state index contributed by atoms with van der Waals surface area (Å²) in [7, 11) is 0. The molecule has 1 heterocycles. The number of aromatic nitrogens is 1. The molecule has 0 aliphatic heterocycles. The Labute approximate surface area is 104 Å². The van der Waals surface area contributed by atoms with Gasteiger partial charge in [-0.3, -0.25) is 14.9 Å². The van der Waals surface area contributed by atoms with E-state index in [0.29, 0.717) is 11.4 Å². The number of nitro groups is 1. The molecular weight excluding hydrogens is 238 g/mol. The van der Waals surface area contributed by atoms with Crippen LogP contribution in [0.1, 0.15) is 19.4 Å². The minimum Gasteiger partial charge on any atom is -0.480 e. The van der Waals surface area contributed by atoms with Gasteiger partial charge in [0.15, 0.2) is 0 Å². The average molecular weight is 253 g/mol. The van der Waals surface area contributed by atoms with E-state index in [-0.39, 0.29) is 18.3 Å². The molecule has 1 aromatic rings. The Hall–Kier alpha value is -2.18. The molecule has 0 aromatic carbocycles. The fourth-order valence-electron chi connectivity index (χ4n) is 1.60. The van der Waals surface area contributed by atoms with Crippen LogP contribution >= 0.6 is 0 Å². The number of hydrogen-bond acceptors (Lipinski definition) is 5. The van der Waals surface area contributed by atoms with Crippen LogP contribution in [0.4, 0.5) is 11.5 Å². The van der Waals surface area contributed by atoms with E-state index in [4.69, 9.17) is 5.11 Å². The van der Waals surface area contributed by atoms with Crippen molar-refractivity contribution < 1.29 is 14.8 Å². The van der Waals surface area contributed by atoms with Gasteiger partial charge in [-0.2, -0.15) is 0 Å². The van der Waals surface area contributed by atoms with Gasteiger partial charge in [0.25, 0.3) is 5.69 Å². The highest BCUT2D eigenvalue weighted by molar-refractivity contribution is 5.74. The van der Waals surface area contributed by atoms with Crippen LogP contribution in [0.2, 0.25) is 0 Å². The zero-order valence-electron chi connectivity index (χ0n) is 10.5. The maximum Gasteiger partial charge on any atom is 0.323 e. The third-order valence-corrected chi connectivity index (χ3v) is 2.45. The highest BCUT2D eigenvalue weighted by atomic mass is 16.6. The van der Waals surface area contributed by atoms with Crippen molar-refractivity contribution >= 4 is 17.5 Å². The largest absolute Gasteiger partial charge is 0.480 e. The SMILES string of the molecule is Cc1cc([N+](=O)[O-])cnc1N(CC(=O)O)C(C)C. The first kappa shape index (κ1) is 13.9. The van der Waals surface area contributed by atoms with Crippen LogP contribution in [0, 0.1) is 17.0 Å². The van der Waals surface area contributed by atoms with Gasteiger partial charge in [-0.25, -0.2) is 4.98 Å². The average Bonchev–Trinajstić information content (AvgIpc) is 2.25. The second-order valence-electron chi connectivity index (χ2n) is 4.21. The minimum atomic E-state index is -0.969. The molecule has 0 bridgehead atoms. The van der Waals surface area contributed by atoms with E-state index in [2.05, 4.69) is 4.98 Å². The van der Waals surface area contributed by atoms with E-state index in [1.165, 1.54) is 6.07 Å². The molecular formula is C11H15N3O4. The molecule has 98 valence electrons. The second-order valence-corrected chi connectivity index (χ2v) is 4.21. The summed E-state index contributed by atoms with van der Waals surface area (Å²) in [4.78, 5) is 26.5. The normalized spacial score (nSPS) is 10.4. The minimum absolute atomic E-state index is 0.0613. The summed E-state index contributed by atoms with van der Waals surface area (Å²) in [5.74, 6) is -0.513. The molecule has 7 nitrogen and oxygen atoms in total. The molecule has 0 radical (unpaired) electrons. The molecule has 0 atom stereocenters. The van der Waals surface area contributed by atoms with Gasteiger partial charge in [0.1, 0.15) is 18.6 Å². The van der Waals surface area contributed by atoms with Gasteiger partial charge in [-0.1, -0.05) is 0 Å². The number of pyridine rings is 1. The molecule has 0 saturated carbocycles. The quantitative estimate of drug-likeness (QED) is 0.632. The topological polar surface area (TPSA) is 96.6 Å². The molecule has 0 amide bonds. The number of anilines is 1. The third-order valence-electron chi connectivity index (χ3n) is 2.45. The molecule has 0 spiro atoms. The number of carbonyl (C=O) groups is 1. The molecule has 1 N–H and O–H groups in total. The summed E-state index contributed by atoms with van der Waals surface area (Å²) >= 11 is 0. The summed E-state index contributed by atoms with van der Waals surface area (Å²) in [6.07, 6.45) is 1.14. The molecule has 0 aliphatic rings. The highest BCUT2D eigenvalue weighted by Crippen LogP contribution is 2.22. The van der Waals surface area contributed by atoms with Crippen molar-refractivity contribution in [1.82, 2.24) is 4.98 Å². The molecule has 0 fully saturated rings. The molecule has 7 heteroatoms. The zero-order valence-corrected chi connectivity index (χ0v) is 10.5. The predicted octanol–water partition coefficient (Wildman–Crippen LogP) is 1.60. The van der Waals surface area contributed by atoms with Crippen molar-refractivity contribution in [2.75, 3.05) is 11.4 Å². The smallest absolute Gasteiger partial charge is 0.323 e. The second kappa shape index (κ2) is 5.44. The van der Waals surface area contributed by atoms with Gasteiger partial charge >= 0.3 is 5.97 Å². The summed E-state index contributed by atoms with van der Waals surface area (Å²) in [5.41, 5.74) is 0.481. The van der Waals surface area contributed by atoms with E-state index < -0.39 is 10.9 Å². The summed E-state index contributed by atoms with van der Waals surface area (Å²) in [6, 6.07) is 1.33. The fraction of sp³-hybridized carbons (Fsp3) is 0.455. The number of carboxylic acids is 1. The lowest BCUT2D eigenvalue weighted by atomic mass is 10.2. The van der Waals surface area contributed by atoms with Gasteiger partial charge in [-0.15, -0.1) is 0 Å². The van der Waals surface area contributed by atoms with Crippen molar-refractivity contribution in [3.05, 3.63) is 27.9 Å². The predicted molar refractivity (Wildman–Crippen MR) is 65.7 cm³/mol. The number of aliphatic carboxylic acids is 1. The van der Waals surface area contributed by atoms with Crippen LogP contribution in [-0.2, 0) is 4.79 Å². The van der Waals surface area contributed by atoms with Crippen molar-refractivity contribution in [3.8, 4) is 0 Å². The summed E-state index contributed by atoms with van der Waals surface area (Å²) in [5, 5.41) is 19.5. The van der Waals surface area contributed by atoms with Gasteiger partial charge in [0, 0.05) is 12.1 Å². The number of nitrogens with zero attached hydrogens (tertiary/aromatic N) is 3. The first-order valence-corrected chi connectivity index (χ1v) is 5.42. The molecule has 18 heavy (non-hydrogen) atoms. The Morgan fingerprint density at radius 1 is 1.61 bits per heavy atom. The van der Waals surface area contributed by atoms with Gasteiger partial charge in [0.05, 0.1) is 4.92 Å². The van der Waals surface area contributed by atoms with E-state index in [1.54, 1.807) is 11.8 Å². The Balaban J connectivity index is 3.13. The number of rotatable bonds is 5. The van der Waals surface area contributed by atoms with E-state index in [0.717, 1.165) is 6.20 Å². The Kier molecular flexibility index (Phi) is 4.19. The molecule has 1 aromatic heterocycles. The summed E-state index contributed by atoms with van der Waals surface area (Å²) in [6.45, 7) is 5.16. The van der Waals surface area contributed by atoms with Crippen LogP contribution in [0.25, 0.3) is 0 Å². The first-order valence-electron chi connectivity index (χ1n) is 5.42. The number of aryl methyl sites for hydroxylation is 1. The lowest BCUT2D eigenvalue weighted by Crippen LogP contribution is -2.36. The van der Waals surface area contributed by atoms with Crippen molar-refractivity contribution in [3.63, 3.8) is 0 Å². The van der Waals surface area contributed by atoms with Crippen LogP contribution < -0.4 is 4.90 Å². The molecule has 1 rings (SSSR count). The molecule has 0 saturated heterocycles. The van der Waals surface area contributed by atoms with Crippen LogP contribution in [0.3, 0.4) is 0 Å². The molecule has 0 aliphatic carbocycles. The Morgan fingerprint density at radius 2 is 2.22 bits per heavy atom.